The topological polar surface area (TPSA) is 135 Å². The van der Waals surface area contributed by atoms with Crippen LogP contribution in [0.1, 0.15) is 6.42 Å². The zero-order chi connectivity index (χ0) is 14.4. The van der Waals surface area contributed by atoms with Gasteiger partial charge < -0.3 is 5.73 Å². The Morgan fingerprint density at radius 1 is 1.21 bits per heavy atom. The Morgan fingerprint density at radius 3 is 2.37 bits per heavy atom. The molecule has 0 saturated carbocycles. The molecule has 2 aliphatic rings. The summed E-state index contributed by atoms with van der Waals surface area (Å²) in [5.74, 6) is -0.414. The molecule has 7 nitrogen and oxygen atoms in total. The number of rotatable bonds is 2. The minimum absolute atomic E-state index is 0.174. The molecule has 0 aromatic rings. The molecule has 3 atom stereocenters. The highest BCUT2D eigenvalue weighted by atomic mass is 32.2. The average molecular weight is 307 g/mol. The fourth-order valence-corrected chi connectivity index (χ4v) is 3.84. The van der Waals surface area contributed by atoms with Crippen LogP contribution in [-0.4, -0.2) is 37.2 Å². The van der Waals surface area contributed by atoms with E-state index >= 15 is 0 Å². The van der Waals surface area contributed by atoms with E-state index in [0.29, 0.717) is 6.42 Å². The van der Waals surface area contributed by atoms with Crippen molar-refractivity contribution in [2.75, 3.05) is 0 Å². The maximum Gasteiger partial charge on any atom is 0.294 e. The minimum Gasteiger partial charge on any atom is -0.324 e. The summed E-state index contributed by atoms with van der Waals surface area (Å²) in [7, 11) is -8.88. The Labute approximate surface area is 111 Å². The predicted octanol–water partition coefficient (Wildman–Crippen LogP) is -0.142. The van der Waals surface area contributed by atoms with Gasteiger partial charge in [0.2, 0.25) is 0 Å². The van der Waals surface area contributed by atoms with E-state index in [4.69, 9.17) is 14.8 Å². The van der Waals surface area contributed by atoms with Crippen molar-refractivity contribution in [2.24, 2.45) is 11.7 Å². The van der Waals surface area contributed by atoms with Crippen molar-refractivity contribution in [3.05, 3.63) is 34.8 Å². The number of nitrogens with two attached hydrogens (primary N) is 1. The second-order valence-corrected chi connectivity index (χ2v) is 7.43. The van der Waals surface area contributed by atoms with Crippen molar-refractivity contribution in [1.29, 1.82) is 0 Å². The summed E-state index contributed by atoms with van der Waals surface area (Å²) < 4.78 is 63.0. The van der Waals surface area contributed by atoms with E-state index in [1.165, 1.54) is 12.2 Å². The average Bonchev–Trinajstić information content (AvgIpc) is 2.25. The molecule has 2 aliphatic carbocycles. The molecule has 0 saturated heterocycles. The highest BCUT2D eigenvalue weighted by Gasteiger charge is 2.38. The van der Waals surface area contributed by atoms with Crippen molar-refractivity contribution in [3.8, 4) is 0 Å². The Balaban J connectivity index is 2.57. The molecule has 0 fully saturated rings. The third-order valence-corrected chi connectivity index (χ3v) is 5.13. The molecule has 0 bridgehead atoms. The summed E-state index contributed by atoms with van der Waals surface area (Å²) in [6.07, 6.45) is 5.52. The molecule has 0 radical (unpaired) electrons. The van der Waals surface area contributed by atoms with Gasteiger partial charge in [-0.2, -0.15) is 16.8 Å². The van der Waals surface area contributed by atoms with Crippen LogP contribution in [0.25, 0.3) is 0 Å². The molecule has 0 spiro atoms. The number of hydrogen-bond acceptors (Lipinski definition) is 5. The van der Waals surface area contributed by atoms with Gasteiger partial charge in [0.05, 0.1) is 4.91 Å². The van der Waals surface area contributed by atoms with Crippen LogP contribution in [0.15, 0.2) is 34.8 Å². The smallest absolute Gasteiger partial charge is 0.294 e. The zero-order valence-corrected chi connectivity index (χ0v) is 11.3. The minimum atomic E-state index is -4.47. The third kappa shape index (κ3) is 2.79. The van der Waals surface area contributed by atoms with E-state index in [1.807, 2.05) is 0 Å². The molecule has 19 heavy (non-hydrogen) atoms. The highest BCUT2D eigenvalue weighted by Crippen LogP contribution is 2.36. The first kappa shape index (κ1) is 14.4. The van der Waals surface area contributed by atoms with Gasteiger partial charge in [-0.15, -0.1) is 0 Å². The Kier molecular flexibility index (Phi) is 3.43. The monoisotopic (exact) mass is 307 g/mol. The van der Waals surface area contributed by atoms with Crippen molar-refractivity contribution >= 4 is 20.2 Å². The summed E-state index contributed by atoms with van der Waals surface area (Å²) in [6, 6.07) is -0.744. The van der Waals surface area contributed by atoms with Crippen molar-refractivity contribution in [2.45, 2.75) is 17.7 Å². The molecule has 0 heterocycles. The summed E-state index contributed by atoms with van der Waals surface area (Å²) >= 11 is 0. The van der Waals surface area contributed by atoms with Gasteiger partial charge in [0.15, 0.2) is 0 Å². The normalized spacial score (nSPS) is 31.4. The maximum absolute atomic E-state index is 11.3. The summed E-state index contributed by atoms with van der Waals surface area (Å²) in [5, 5.41) is -1.33. The van der Waals surface area contributed by atoms with E-state index in [-0.39, 0.29) is 5.57 Å². The number of hydrogen-bond donors (Lipinski definition) is 3. The van der Waals surface area contributed by atoms with Gasteiger partial charge in [-0.3, -0.25) is 9.11 Å². The van der Waals surface area contributed by atoms with Gasteiger partial charge in [0, 0.05) is 12.0 Å². The molecule has 4 N–H and O–H groups in total. The van der Waals surface area contributed by atoms with Gasteiger partial charge in [0.25, 0.3) is 20.2 Å². The molecular formula is C10H13NO6S2. The molecule has 3 unspecified atom stereocenters. The van der Waals surface area contributed by atoms with Gasteiger partial charge in [-0.05, 0) is 24.1 Å². The van der Waals surface area contributed by atoms with Crippen LogP contribution in [0.5, 0.6) is 0 Å². The van der Waals surface area contributed by atoms with Crippen molar-refractivity contribution in [1.82, 2.24) is 0 Å². The molecule has 0 aromatic heterocycles. The SMILES string of the molecule is NC1C=C(S(=O)(=O)O)C=C2C1CC=CC2S(=O)(=O)O. The van der Waals surface area contributed by atoms with Crippen LogP contribution in [0.4, 0.5) is 0 Å². The molecule has 0 amide bonds. The predicted molar refractivity (Wildman–Crippen MR) is 68.3 cm³/mol. The Morgan fingerprint density at radius 2 is 1.84 bits per heavy atom. The molecule has 106 valence electrons. The zero-order valence-electron chi connectivity index (χ0n) is 9.67. The highest BCUT2D eigenvalue weighted by molar-refractivity contribution is 7.90. The van der Waals surface area contributed by atoms with E-state index in [1.54, 1.807) is 6.08 Å². The lowest BCUT2D eigenvalue weighted by atomic mass is 9.80. The van der Waals surface area contributed by atoms with Gasteiger partial charge in [-0.1, -0.05) is 12.2 Å². The lowest BCUT2D eigenvalue weighted by Gasteiger charge is -2.33. The molecule has 9 heteroatoms. The lowest BCUT2D eigenvalue weighted by Crippen LogP contribution is -2.39. The third-order valence-electron chi connectivity index (χ3n) is 3.21. The first-order valence-corrected chi connectivity index (χ1v) is 8.34. The summed E-state index contributed by atoms with van der Waals surface area (Å²) in [5.41, 5.74) is 5.95. The van der Waals surface area contributed by atoms with E-state index in [9.17, 15) is 16.8 Å². The van der Waals surface area contributed by atoms with Crippen LogP contribution in [0.2, 0.25) is 0 Å². The number of fused-ring (bicyclic) bond motifs is 1. The Hall–Kier alpha value is -1.00. The summed E-state index contributed by atoms with van der Waals surface area (Å²) in [6.45, 7) is 0. The van der Waals surface area contributed by atoms with Crippen LogP contribution in [0, 0.1) is 5.92 Å². The van der Waals surface area contributed by atoms with Crippen LogP contribution < -0.4 is 5.73 Å². The quantitative estimate of drug-likeness (QED) is 0.477. The largest absolute Gasteiger partial charge is 0.324 e. The molecule has 0 aromatic carbocycles. The summed E-state index contributed by atoms with van der Waals surface area (Å²) in [4.78, 5) is -0.449. The second kappa shape index (κ2) is 4.53. The first-order chi connectivity index (χ1) is 8.60. The second-order valence-electron chi connectivity index (χ2n) is 4.47. The van der Waals surface area contributed by atoms with E-state index in [0.717, 1.165) is 6.08 Å². The van der Waals surface area contributed by atoms with Crippen LogP contribution >= 0.6 is 0 Å². The van der Waals surface area contributed by atoms with Crippen molar-refractivity contribution in [3.63, 3.8) is 0 Å². The van der Waals surface area contributed by atoms with E-state index < -0.39 is 42.4 Å². The molecular weight excluding hydrogens is 294 g/mol. The Bertz CT molecular complexity index is 686. The molecule has 2 rings (SSSR count). The molecule has 0 aliphatic heterocycles. The number of allylic oxidation sites excluding steroid dienone is 2. The first-order valence-electron chi connectivity index (χ1n) is 5.40. The van der Waals surface area contributed by atoms with Crippen molar-refractivity contribution < 1.29 is 25.9 Å². The standard InChI is InChI=1S/C10H13NO6S2/c11-9-5-6(18(12,13)14)4-8-7(9)2-1-3-10(8)19(15,16)17/h1,3-5,7,9-10H,2,11H2,(H,12,13,14)(H,15,16,17). The van der Waals surface area contributed by atoms with E-state index in [2.05, 4.69) is 0 Å². The van der Waals surface area contributed by atoms with Gasteiger partial charge in [0.1, 0.15) is 5.25 Å². The fraction of sp³-hybridized carbons (Fsp3) is 0.400. The van der Waals surface area contributed by atoms with Crippen LogP contribution in [-0.2, 0) is 20.2 Å². The lowest BCUT2D eigenvalue weighted by molar-refractivity contribution is 0.460. The van der Waals surface area contributed by atoms with Crippen LogP contribution in [0.3, 0.4) is 0 Å². The fourth-order valence-electron chi connectivity index (χ4n) is 2.33. The maximum atomic E-state index is 11.3. The van der Waals surface area contributed by atoms with Gasteiger partial charge >= 0.3 is 0 Å². The van der Waals surface area contributed by atoms with Gasteiger partial charge in [-0.25, -0.2) is 0 Å².